The van der Waals surface area contributed by atoms with Crippen molar-refractivity contribution in [1.29, 1.82) is 15.8 Å². The van der Waals surface area contributed by atoms with Crippen LogP contribution in [0, 0.1) is 40.6 Å². The largest absolute Gasteiger partial charge is 0.308 e. The van der Waals surface area contributed by atoms with E-state index < -0.39 is 0 Å². The van der Waals surface area contributed by atoms with Gasteiger partial charge in [-0.3, -0.25) is 0 Å². The van der Waals surface area contributed by atoms with Crippen LogP contribution in [0.15, 0.2) is 116 Å². The van der Waals surface area contributed by atoms with Gasteiger partial charge in [0.2, 0.25) is 0 Å². The number of para-hydroxylation sites is 1. The van der Waals surface area contributed by atoms with E-state index >= 15 is 0 Å². The van der Waals surface area contributed by atoms with Crippen molar-refractivity contribution in [2.75, 3.05) is 0 Å². The topological polar surface area (TPSA) is 106 Å². The zero-order valence-corrected chi connectivity index (χ0v) is 23.6. The molecular formula is C38H19N7. The van der Waals surface area contributed by atoms with Gasteiger partial charge < -0.3 is 4.57 Å². The van der Waals surface area contributed by atoms with E-state index in [0.717, 1.165) is 44.1 Å². The first-order valence-electron chi connectivity index (χ1n) is 13.9. The Bertz CT molecular complexity index is 2360. The lowest BCUT2D eigenvalue weighted by Gasteiger charge is -2.12. The number of nitriles is 3. The summed E-state index contributed by atoms with van der Waals surface area (Å²) >= 11 is 0. The quantitative estimate of drug-likeness (QED) is 0.196. The van der Waals surface area contributed by atoms with Crippen molar-refractivity contribution in [2.24, 2.45) is 0 Å². The van der Waals surface area contributed by atoms with Crippen LogP contribution in [0.2, 0.25) is 0 Å². The second kappa shape index (κ2) is 11.0. The predicted molar refractivity (Wildman–Crippen MR) is 173 cm³/mol. The molecule has 0 unspecified atom stereocenters. The molecule has 0 saturated heterocycles. The Morgan fingerprint density at radius 1 is 0.600 bits per heavy atom. The average molecular weight is 574 g/mol. The highest BCUT2D eigenvalue weighted by molar-refractivity contribution is 6.12. The fourth-order valence-electron chi connectivity index (χ4n) is 5.76. The lowest BCUT2D eigenvalue weighted by molar-refractivity contribution is 1.14. The van der Waals surface area contributed by atoms with E-state index in [4.69, 9.17) is 11.8 Å². The first-order chi connectivity index (χ1) is 22.1. The molecule has 0 fully saturated rings. The van der Waals surface area contributed by atoms with Gasteiger partial charge in [-0.25, -0.2) is 14.8 Å². The van der Waals surface area contributed by atoms with E-state index in [1.54, 1.807) is 12.1 Å². The second-order valence-electron chi connectivity index (χ2n) is 10.3. The molecule has 45 heavy (non-hydrogen) atoms. The predicted octanol–water partition coefficient (Wildman–Crippen LogP) is 8.74. The van der Waals surface area contributed by atoms with Gasteiger partial charge in [-0.15, -0.1) is 0 Å². The summed E-state index contributed by atoms with van der Waals surface area (Å²) in [5.41, 5.74) is 8.55. The van der Waals surface area contributed by atoms with Crippen molar-refractivity contribution in [3.05, 3.63) is 144 Å². The van der Waals surface area contributed by atoms with Gasteiger partial charge >= 0.3 is 0 Å². The second-order valence-corrected chi connectivity index (χ2v) is 10.3. The van der Waals surface area contributed by atoms with Gasteiger partial charge in [0, 0.05) is 28.7 Å². The molecule has 0 N–H and O–H groups in total. The van der Waals surface area contributed by atoms with Gasteiger partial charge in [-0.05, 0) is 70.8 Å². The molecule has 0 aliphatic heterocycles. The fraction of sp³-hybridized carbons (Fsp3) is 0. The molecule has 0 bridgehead atoms. The number of nitrogens with zero attached hydrogens (tertiary/aromatic N) is 7. The summed E-state index contributed by atoms with van der Waals surface area (Å²) in [7, 11) is 0. The average Bonchev–Trinajstić information content (AvgIpc) is 3.44. The van der Waals surface area contributed by atoms with Gasteiger partial charge in [0.05, 0.1) is 46.1 Å². The third-order valence-corrected chi connectivity index (χ3v) is 7.86. The highest BCUT2D eigenvalue weighted by Crippen LogP contribution is 2.40. The minimum absolute atomic E-state index is 0.358. The Morgan fingerprint density at radius 3 is 1.84 bits per heavy atom. The minimum atomic E-state index is 0.358. The number of aromatic nitrogens is 3. The van der Waals surface area contributed by atoms with Gasteiger partial charge in [0.1, 0.15) is 12.1 Å². The van der Waals surface area contributed by atoms with E-state index in [9.17, 15) is 10.5 Å². The Balaban J connectivity index is 1.49. The van der Waals surface area contributed by atoms with Crippen molar-refractivity contribution in [3.8, 4) is 57.5 Å². The summed E-state index contributed by atoms with van der Waals surface area (Å²) in [5.74, 6) is 0.420. The SMILES string of the molecule is [C-]#[N+]c1ccccc1-c1ccc2c(c1)c1cc(-c3ccccc3C#N)ccc1n2-c1ccc(-c2ncc(C#N)cn2)cc1C#N. The van der Waals surface area contributed by atoms with Crippen molar-refractivity contribution >= 4 is 27.5 Å². The van der Waals surface area contributed by atoms with Crippen molar-refractivity contribution in [1.82, 2.24) is 14.5 Å². The zero-order valence-electron chi connectivity index (χ0n) is 23.6. The molecule has 7 rings (SSSR count). The molecule has 0 saturated carbocycles. The van der Waals surface area contributed by atoms with Crippen LogP contribution in [0.5, 0.6) is 0 Å². The van der Waals surface area contributed by atoms with Crippen LogP contribution in [0.3, 0.4) is 0 Å². The van der Waals surface area contributed by atoms with Gasteiger partial charge in [0.25, 0.3) is 0 Å². The summed E-state index contributed by atoms with van der Waals surface area (Å²) in [6.07, 6.45) is 2.92. The summed E-state index contributed by atoms with van der Waals surface area (Å²) in [6.45, 7) is 7.69. The maximum absolute atomic E-state index is 10.3. The normalized spacial score (nSPS) is 10.6. The highest BCUT2D eigenvalue weighted by Gasteiger charge is 2.19. The molecule has 5 aromatic carbocycles. The fourth-order valence-corrected chi connectivity index (χ4v) is 5.76. The molecule has 7 heteroatoms. The summed E-state index contributed by atoms with van der Waals surface area (Å²) in [6, 6.07) is 39.4. The molecule has 2 heterocycles. The van der Waals surface area contributed by atoms with E-state index in [-0.39, 0.29) is 0 Å². The van der Waals surface area contributed by atoms with Crippen molar-refractivity contribution in [3.63, 3.8) is 0 Å². The first-order valence-corrected chi connectivity index (χ1v) is 13.9. The van der Waals surface area contributed by atoms with Crippen LogP contribution in [-0.2, 0) is 0 Å². The third kappa shape index (κ3) is 4.52. The summed E-state index contributed by atoms with van der Waals surface area (Å²) in [4.78, 5) is 12.3. The van der Waals surface area contributed by atoms with Crippen LogP contribution < -0.4 is 0 Å². The summed E-state index contributed by atoms with van der Waals surface area (Å²) in [5, 5.41) is 31.1. The molecule has 206 valence electrons. The number of hydrogen-bond acceptors (Lipinski definition) is 5. The number of benzene rings is 5. The van der Waals surface area contributed by atoms with Gasteiger partial charge in [-0.1, -0.05) is 54.6 Å². The lowest BCUT2D eigenvalue weighted by atomic mass is 9.97. The van der Waals surface area contributed by atoms with Crippen molar-refractivity contribution in [2.45, 2.75) is 0 Å². The van der Waals surface area contributed by atoms with Crippen LogP contribution in [0.1, 0.15) is 16.7 Å². The van der Waals surface area contributed by atoms with Crippen LogP contribution in [0.4, 0.5) is 5.69 Å². The van der Waals surface area contributed by atoms with Gasteiger partial charge in [-0.2, -0.15) is 15.8 Å². The standard InChI is InChI=1S/C38H19N7/c1-42-34-9-5-4-8-31(34)26-11-15-37-33(18-26)32-17-25(30-7-3-2-6-28(30)20-40)10-14-36(32)45(37)35-13-12-27(16-29(35)21-41)38-43-22-24(19-39)23-44-38/h2-18,22-23H. The van der Waals surface area contributed by atoms with Gasteiger partial charge in [0.15, 0.2) is 11.5 Å². The van der Waals surface area contributed by atoms with Crippen molar-refractivity contribution < 1.29 is 0 Å². The van der Waals surface area contributed by atoms with Crippen LogP contribution in [-0.4, -0.2) is 14.5 Å². The molecule has 0 aliphatic carbocycles. The molecular weight excluding hydrogens is 554 g/mol. The molecule has 0 amide bonds. The minimum Gasteiger partial charge on any atom is -0.308 e. The van der Waals surface area contributed by atoms with E-state index in [1.807, 2.05) is 84.9 Å². The summed E-state index contributed by atoms with van der Waals surface area (Å²) < 4.78 is 2.07. The van der Waals surface area contributed by atoms with E-state index in [1.165, 1.54) is 12.4 Å². The molecule has 7 aromatic rings. The molecule has 2 aromatic heterocycles. The maximum Gasteiger partial charge on any atom is 0.194 e. The van der Waals surface area contributed by atoms with E-state index in [0.29, 0.717) is 39.5 Å². The first kappa shape index (κ1) is 26.8. The maximum atomic E-state index is 10.3. The number of fused-ring (bicyclic) bond motifs is 3. The third-order valence-electron chi connectivity index (χ3n) is 7.86. The molecule has 0 aliphatic rings. The molecule has 7 nitrogen and oxygen atoms in total. The molecule has 0 radical (unpaired) electrons. The Hall–Kier alpha value is -7.06. The Labute approximate surface area is 258 Å². The monoisotopic (exact) mass is 573 g/mol. The highest BCUT2D eigenvalue weighted by atomic mass is 15.0. The number of hydrogen-bond donors (Lipinski definition) is 0. The zero-order chi connectivity index (χ0) is 30.9. The number of rotatable bonds is 4. The molecule has 0 spiro atoms. The Morgan fingerprint density at radius 2 is 1.20 bits per heavy atom. The Kier molecular flexibility index (Phi) is 6.54. The van der Waals surface area contributed by atoms with Crippen LogP contribution in [0.25, 0.3) is 66.0 Å². The smallest absolute Gasteiger partial charge is 0.194 e. The molecule has 0 atom stereocenters. The van der Waals surface area contributed by atoms with Crippen LogP contribution >= 0.6 is 0 Å². The van der Waals surface area contributed by atoms with E-state index in [2.05, 4.69) is 43.7 Å². The lowest BCUT2D eigenvalue weighted by Crippen LogP contribution is -1.99.